The first-order valence-corrected chi connectivity index (χ1v) is 7.04. The van der Waals surface area contributed by atoms with Crippen molar-refractivity contribution in [3.05, 3.63) is 70.0 Å². The number of hydrogen-bond donors (Lipinski definition) is 0. The van der Waals surface area contributed by atoms with Crippen molar-refractivity contribution in [3.63, 3.8) is 0 Å². The van der Waals surface area contributed by atoms with Gasteiger partial charge in [-0.3, -0.25) is 4.90 Å². The van der Waals surface area contributed by atoms with E-state index in [9.17, 15) is 4.39 Å². The molecule has 1 atom stereocenters. The van der Waals surface area contributed by atoms with Crippen LogP contribution in [-0.2, 0) is 6.54 Å². The van der Waals surface area contributed by atoms with Crippen LogP contribution in [0.3, 0.4) is 0 Å². The van der Waals surface area contributed by atoms with Crippen molar-refractivity contribution < 1.29 is 4.39 Å². The van der Waals surface area contributed by atoms with Crippen LogP contribution in [-0.4, -0.2) is 11.9 Å². The van der Waals surface area contributed by atoms with E-state index in [1.807, 2.05) is 43.1 Å². The summed E-state index contributed by atoms with van der Waals surface area (Å²) in [5.41, 5.74) is 2.19. The fraction of sp³-hybridized carbons (Fsp3) is 0.235. The Morgan fingerprint density at radius 2 is 2.00 bits per heavy atom. The quantitative estimate of drug-likeness (QED) is 0.829. The standard InChI is InChI=1S/C17H16ClFN2/c1-12(16-5-3-4-6-17(16)18)21(2)11-14-9-15(19)8-7-13(14)10-20/h3-9,12H,11H2,1-2H3. The Balaban J connectivity index is 2.22. The van der Waals surface area contributed by atoms with Gasteiger partial charge in [-0.1, -0.05) is 29.8 Å². The van der Waals surface area contributed by atoms with Gasteiger partial charge in [0.05, 0.1) is 11.6 Å². The summed E-state index contributed by atoms with van der Waals surface area (Å²) in [6, 6.07) is 14.0. The van der Waals surface area contributed by atoms with Crippen LogP contribution in [0, 0.1) is 17.1 Å². The number of benzene rings is 2. The third-order valence-corrected chi connectivity index (χ3v) is 3.97. The molecule has 0 aromatic heterocycles. The van der Waals surface area contributed by atoms with Gasteiger partial charge in [0.2, 0.25) is 0 Å². The van der Waals surface area contributed by atoms with Gasteiger partial charge in [0.1, 0.15) is 5.82 Å². The highest BCUT2D eigenvalue weighted by Crippen LogP contribution is 2.27. The summed E-state index contributed by atoms with van der Waals surface area (Å²) >= 11 is 6.21. The van der Waals surface area contributed by atoms with Crippen LogP contribution in [0.15, 0.2) is 42.5 Å². The van der Waals surface area contributed by atoms with Crippen molar-refractivity contribution >= 4 is 11.6 Å². The zero-order chi connectivity index (χ0) is 15.4. The van der Waals surface area contributed by atoms with Crippen LogP contribution in [0.25, 0.3) is 0 Å². The first kappa shape index (κ1) is 15.5. The smallest absolute Gasteiger partial charge is 0.123 e. The minimum atomic E-state index is -0.331. The van der Waals surface area contributed by atoms with E-state index in [0.29, 0.717) is 22.7 Å². The number of rotatable bonds is 4. The Kier molecular flexibility index (Phi) is 4.95. The van der Waals surface area contributed by atoms with Crippen LogP contribution < -0.4 is 0 Å². The predicted molar refractivity (Wildman–Crippen MR) is 82.4 cm³/mol. The van der Waals surface area contributed by atoms with Crippen molar-refractivity contribution in [1.29, 1.82) is 5.26 Å². The van der Waals surface area contributed by atoms with E-state index in [0.717, 1.165) is 5.56 Å². The van der Waals surface area contributed by atoms with E-state index in [-0.39, 0.29) is 11.9 Å². The van der Waals surface area contributed by atoms with Gasteiger partial charge in [-0.05, 0) is 49.4 Å². The third-order valence-electron chi connectivity index (χ3n) is 3.62. The molecular weight excluding hydrogens is 287 g/mol. The molecule has 21 heavy (non-hydrogen) atoms. The Morgan fingerprint density at radius 3 is 2.67 bits per heavy atom. The first-order valence-electron chi connectivity index (χ1n) is 6.66. The Hall–Kier alpha value is -1.89. The molecule has 0 aliphatic rings. The third kappa shape index (κ3) is 3.60. The summed E-state index contributed by atoms with van der Waals surface area (Å²) in [7, 11) is 1.93. The van der Waals surface area contributed by atoms with Crippen LogP contribution >= 0.6 is 11.6 Å². The molecule has 0 aliphatic carbocycles. The van der Waals surface area contributed by atoms with Gasteiger partial charge in [-0.15, -0.1) is 0 Å². The molecule has 0 radical (unpaired) electrons. The van der Waals surface area contributed by atoms with Crippen molar-refractivity contribution in [2.24, 2.45) is 0 Å². The first-order chi connectivity index (χ1) is 10.0. The van der Waals surface area contributed by atoms with Crippen LogP contribution in [0.1, 0.15) is 29.7 Å². The second kappa shape index (κ2) is 6.71. The topological polar surface area (TPSA) is 27.0 Å². The molecule has 2 rings (SSSR count). The molecule has 0 fully saturated rings. The SMILES string of the molecule is CC(c1ccccc1Cl)N(C)Cc1cc(F)ccc1C#N. The lowest BCUT2D eigenvalue weighted by atomic mass is 10.0. The average Bonchev–Trinajstić information content (AvgIpc) is 2.47. The van der Waals surface area contributed by atoms with Crippen molar-refractivity contribution in [3.8, 4) is 6.07 Å². The van der Waals surface area contributed by atoms with Gasteiger partial charge in [-0.25, -0.2) is 4.39 Å². The summed E-state index contributed by atoms with van der Waals surface area (Å²) < 4.78 is 13.4. The highest BCUT2D eigenvalue weighted by Gasteiger charge is 2.16. The lowest BCUT2D eigenvalue weighted by Crippen LogP contribution is -2.22. The summed E-state index contributed by atoms with van der Waals surface area (Å²) in [4.78, 5) is 2.04. The summed E-state index contributed by atoms with van der Waals surface area (Å²) in [6.07, 6.45) is 0. The van der Waals surface area contributed by atoms with Crippen LogP contribution in [0.5, 0.6) is 0 Å². The normalized spacial score (nSPS) is 12.2. The van der Waals surface area contributed by atoms with Crippen molar-refractivity contribution in [2.45, 2.75) is 19.5 Å². The van der Waals surface area contributed by atoms with Gasteiger partial charge in [0.15, 0.2) is 0 Å². The van der Waals surface area contributed by atoms with E-state index < -0.39 is 0 Å². The maximum atomic E-state index is 13.4. The summed E-state index contributed by atoms with van der Waals surface area (Å²) in [5.74, 6) is -0.331. The van der Waals surface area contributed by atoms with E-state index in [1.165, 1.54) is 18.2 Å². The highest BCUT2D eigenvalue weighted by molar-refractivity contribution is 6.31. The van der Waals surface area contributed by atoms with Crippen molar-refractivity contribution in [1.82, 2.24) is 4.90 Å². The van der Waals surface area contributed by atoms with E-state index in [2.05, 4.69) is 6.07 Å². The maximum Gasteiger partial charge on any atom is 0.123 e. The van der Waals surface area contributed by atoms with Crippen molar-refractivity contribution in [2.75, 3.05) is 7.05 Å². The van der Waals surface area contributed by atoms with Gasteiger partial charge in [0.25, 0.3) is 0 Å². The molecule has 0 spiro atoms. The molecule has 2 aromatic rings. The fourth-order valence-electron chi connectivity index (χ4n) is 2.26. The molecule has 0 saturated carbocycles. The lowest BCUT2D eigenvalue weighted by Gasteiger charge is -2.26. The molecule has 0 saturated heterocycles. The molecule has 0 aliphatic heterocycles. The Bertz CT molecular complexity index is 679. The van der Waals surface area contributed by atoms with E-state index in [4.69, 9.17) is 16.9 Å². The number of hydrogen-bond acceptors (Lipinski definition) is 2. The molecule has 2 nitrogen and oxygen atoms in total. The van der Waals surface area contributed by atoms with Gasteiger partial charge >= 0.3 is 0 Å². The summed E-state index contributed by atoms with van der Waals surface area (Å²) in [5, 5.41) is 9.82. The van der Waals surface area contributed by atoms with Gasteiger partial charge in [0, 0.05) is 17.6 Å². The Labute approximate surface area is 129 Å². The lowest BCUT2D eigenvalue weighted by molar-refractivity contribution is 0.252. The second-order valence-electron chi connectivity index (χ2n) is 5.03. The highest BCUT2D eigenvalue weighted by atomic mass is 35.5. The van der Waals surface area contributed by atoms with Gasteiger partial charge in [-0.2, -0.15) is 5.26 Å². The maximum absolute atomic E-state index is 13.4. The van der Waals surface area contributed by atoms with E-state index in [1.54, 1.807) is 0 Å². The van der Waals surface area contributed by atoms with Crippen LogP contribution in [0.2, 0.25) is 5.02 Å². The zero-order valence-corrected chi connectivity index (χ0v) is 12.7. The van der Waals surface area contributed by atoms with E-state index >= 15 is 0 Å². The monoisotopic (exact) mass is 302 g/mol. The molecule has 0 heterocycles. The number of nitrogens with zero attached hydrogens (tertiary/aromatic N) is 2. The molecule has 0 N–H and O–H groups in total. The minimum absolute atomic E-state index is 0.0634. The fourth-order valence-corrected chi connectivity index (χ4v) is 2.55. The number of nitriles is 1. The van der Waals surface area contributed by atoms with Crippen LogP contribution in [0.4, 0.5) is 4.39 Å². The minimum Gasteiger partial charge on any atom is -0.295 e. The Morgan fingerprint density at radius 1 is 1.29 bits per heavy atom. The second-order valence-corrected chi connectivity index (χ2v) is 5.43. The molecule has 0 amide bonds. The predicted octanol–water partition coefficient (Wildman–Crippen LogP) is 4.54. The zero-order valence-electron chi connectivity index (χ0n) is 12.0. The molecule has 2 aromatic carbocycles. The summed E-state index contributed by atoms with van der Waals surface area (Å²) in [6.45, 7) is 2.51. The largest absolute Gasteiger partial charge is 0.295 e. The average molecular weight is 303 g/mol. The molecular formula is C17H16ClFN2. The molecule has 0 bridgehead atoms. The number of halogens is 2. The molecule has 1 unspecified atom stereocenters. The van der Waals surface area contributed by atoms with Gasteiger partial charge < -0.3 is 0 Å². The molecule has 4 heteroatoms. The molecule has 108 valence electrons.